The van der Waals surface area contributed by atoms with E-state index in [1.54, 1.807) is 0 Å². The van der Waals surface area contributed by atoms with E-state index in [4.69, 9.17) is 15.0 Å². The molecule has 0 aromatic carbocycles. The molecule has 0 amide bonds. The Morgan fingerprint density at radius 2 is 1.56 bits per heavy atom. The van der Waals surface area contributed by atoms with Gasteiger partial charge in [-0.05, 0) is 0 Å². The summed E-state index contributed by atoms with van der Waals surface area (Å²) in [6, 6.07) is 0. The van der Waals surface area contributed by atoms with Crippen LogP contribution in [-0.2, 0) is 9.59 Å². The molecule has 0 atom stereocenters. The third-order valence-corrected chi connectivity index (χ3v) is 1.25. The third kappa shape index (κ3) is 55.9. The molecule has 0 spiro atoms. The van der Waals surface area contributed by atoms with Crippen molar-refractivity contribution in [2.75, 3.05) is 0 Å². The van der Waals surface area contributed by atoms with Crippen molar-refractivity contribution >= 4 is 60.9 Å². The minimum absolute atomic E-state index is 0.410. The van der Waals surface area contributed by atoms with Gasteiger partial charge in [-0.2, -0.15) is 0 Å². The fourth-order valence-corrected chi connectivity index (χ4v) is 0. The summed E-state index contributed by atoms with van der Waals surface area (Å²) in [5, 5.41) is 15.2. The van der Waals surface area contributed by atoms with Gasteiger partial charge in [-0.25, -0.2) is 0 Å². The summed E-state index contributed by atoms with van der Waals surface area (Å²) >= 11 is 0.485. The van der Waals surface area contributed by atoms with Crippen LogP contribution in [0.2, 0.25) is 0.515 Å². The van der Waals surface area contributed by atoms with Gasteiger partial charge < -0.3 is 5.11 Å². The quantitative estimate of drug-likeness (QED) is 0.516. The fourth-order valence-electron chi connectivity index (χ4n) is 0. The first-order valence-electron chi connectivity index (χ1n) is 2.42. The van der Waals surface area contributed by atoms with E-state index in [0.29, 0.717) is 49.5 Å². The molecule has 0 aliphatic carbocycles. The molecular weight excluding hydrogens is 151 g/mol. The standard InChI is InChI=1S/C2H4O2.C2H3O2.K/c2*1-2(3)4;/h1H3,(H,3,4);1H2,(H,3,4);. The normalized spacial score (nSPS) is 7.00. The number of hydrogen-bond donors (Lipinski definition) is 2. The van der Waals surface area contributed by atoms with Crippen LogP contribution in [-0.4, -0.2) is 71.1 Å². The molecule has 48 valence electrons. The van der Waals surface area contributed by atoms with Crippen molar-refractivity contribution in [3.05, 3.63) is 0 Å². The van der Waals surface area contributed by atoms with Crippen molar-refractivity contribution in [3.63, 3.8) is 0 Å². The number of hydrogen-bond acceptors (Lipinski definition) is 2. The molecule has 0 saturated heterocycles. The third-order valence-electron chi connectivity index (χ3n) is 0.302. The molecule has 0 saturated carbocycles. The maximum absolute atomic E-state index is 9.41. The average molecular weight is 158 g/mol. The Balaban J connectivity index is 0. The van der Waals surface area contributed by atoms with E-state index in [9.17, 15) is 4.79 Å². The van der Waals surface area contributed by atoms with Crippen LogP contribution < -0.4 is 0 Å². The van der Waals surface area contributed by atoms with Gasteiger partial charge in [0, 0.05) is 6.92 Å². The van der Waals surface area contributed by atoms with Gasteiger partial charge in [-0.15, -0.1) is 0 Å². The first-order chi connectivity index (χ1) is 4.00. The number of aliphatic carboxylic acids is 2. The van der Waals surface area contributed by atoms with E-state index in [1.807, 2.05) is 0 Å². The minimum atomic E-state index is -0.833. The van der Waals surface area contributed by atoms with E-state index in [2.05, 4.69) is 0 Å². The van der Waals surface area contributed by atoms with Crippen molar-refractivity contribution in [3.8, 4) is 0 Å². The van der Waals surface area contributed by atoms with E-state index in [0.717, 1.165) is 6.92 Å². The van der Waals surface area contributed by atoms with Crippen molar-refractivity contribution in [1.29, 1.82) is 0 Å². The Labute approximate surface area is 86.8 Å². The van der Waals surface area contributed by atoms with Gasteiger partial charge in [-0.3, -0.25) is 4.79 Å². The van der Waals surface area contributed by atoms with E-state index >= 15 is 0 Å². The van der Waals surface area contributed by atoms with Gasteiger partial charge in [0.1, 0.15) is 0 Å². The molecule has 0 aliphatic heterocycles. The monoisotopic (exact) mass is 158 g/mol. The second kappa shape index (κ2) is 8.58. The second-order valence-corrected chi connectivity index (χ2v) is 2.37. The average Bonchev–Trinajstić information content (AvgIpc) is 1.65. The summed E-state index contributed by atoms with van der Waals surface area (Å²) in [5.74, 6) is -1.50. The molecule has 0 unspecified atom stereocenters. The van der Waals surface area contributed by atoms with E-state index in [-0.39, 0.29) is 0 Å². The summed E-state index contributed by atoms with van der Waals surface area (Å²) in [4.78, 5) is 18.4. The Bertz CT molecular complexity index is 96.7. The van der Waals surface area contributed by atoms with Crippen LogP contribution in [0.15, 0.2) is 0 Å². The van der Waals surface area contributed by atoms with Crippen molar-refractivity contribution in [2.45, 2.75) is 7.44 Å². The predicted octanol–water partition coefficient (Wildman–Crippen LogP) is -0.251. The first kappa shape index (κ1) is 12.3. The van der Waals surface area contributed by atoms with Crippen LogP contribution >= 0.6 is 0 Å². The number of rotatable bonds is 1. The Hall–Kier alpha value is 0.576. The van der Waals surface area contributed by atoms with Crippen molar-refractivity contribution < 1.29 is 19.8 Å². The molecule has 0 heterocycles. The molecule has 4 nitrogen and oxygen atoms in total. The van der Waals surface area contributed by atoms with Crippen LogP contribution in [0, 0.1) is 0 Å². The molecule has 0 aromatic rings. The van der Waals surface area contributed by atoms with Crippen LogP contribution in [0.25, 0.3) is 0 Å². The van der Waals surface area contributed by atoms with Crippen molar-refractivity contribution in [1.82, 2.24) is 0 Å². The second-order valence-electron chi connectivity index (χ2n) is 1.27. The van der Waals surface area contributed by atoms with Gasteiger partial charge in [0.15, 0.2) is 0 Å². The summed E-state index contributed by atoms with van der Waals surface area (Å²) in [6.45, 7) is 1.08. The zero-order valence-electron chi connectivity index (χ0n) is 5.42. The molecule has 0 fully saturated rings. The summed E-state index contributed by atoms with van der Waals surface area (Å²) in [6.07, 6.45) is 0. The van der Waals surface area contributed by atoms with Crippen LogP contribution in [0.3, 0.4) is 0 Å². The summed E-state index contributed by atoms with van der Waals surface area (Å²) < 4.78 is 0.410. The maximum atomic E-state index is 9.41. The molecular formula is C4H7KO4. The molecule has 0 aliphatic rings. The fraction of sp³-hybridized carbons (Fsp3) is 0.500. The van der Waals surface area contributed by atoms with Crippen LogP contribution in [0.1, 0.15) is 6.92 Å². The Morgan fingerprint density at radius 1 is 1.44 bits per heavy atom. The molecule has 0 bridgehead atoms. The Kier molecular flexibility index (Phi) is 11.7. The van der Waals surface area contributed by atoms with Gasteiger partial charge in [0.05, 0.1) is 0 Å². The van der Waals surface area contributed by atoms with Gasteiger partial charge in [-0.1, -0.05) is 0 Å². The number of carboxylic acid groups (broad SMARTS) is 2. The number of carboxylic acids is 2. The molecule has 0 aromatic heterocycles. The van der Waals surface area contributed by atoms with Crippen LogP contribution in [0.5, 0.6) is 0 Å². The molecule has 9 heavy (non-hydrogen) atoms. The van der Waals surface area contributed by atoms with Gasteiger partial charge in [0.2, 0.25) is 0 Å². The van der Waals surface area contributed by atoms with E-state index in [1.165, 1.54) is 0 Å². The molecule has 0 rings (SSSR count). The molecule has 2 N–H and O–H groups in total. The summed E-state index contributed by atoms with van der Waals surface area (Å²) in [7, 11) is 0. The summed E-state index contributed by atoms with van der Waals surface area (Å²) in [5.41, 5.74) is 0. The zero-order chi connectivity index (χ0) is 7.86. The predicted molar refractivity (Wildman–Crippen MR) is 31.5 cm³/mol. The molecule has 5 heteroatoms. The number of carbonyl (C=O) groups is 2. The van der Waals surface area contributed by atoms with Gasteiger partial charge >= 0.3 is 65.3 Å². The Morgan fingerprint density at radius 3 is 1.56 bits per heavy atom. The SMILES string of the molecule is CC(=O)O.O=C(O)[CH2][K]. The van der Waals surface area contributed by atoms with Crippen molar-refractivity contribution in [2.24, 2.45) is 0 Å². The van der Waals surface area contributed by atoms with Gasteiger partial charge in [0.25, 0.3) is 5.97 Å². The molecule has 0 radical (unpaired) electrons. The topological polar surface area (TPSA) is 74.6 Å². The van der Waals surface area contributed by atoms with Crippen LogP contribution in [0.4, 0.5) is 0 Å². The first-order valence-corrected chi connectivity index (χ1v) is 4.62. The van der Waals surface area contributed by atoms with E-state index < -0.39 is 11.9 Å². The zero-order valence-corrected chi connectivity index (χ0v) is 8.54.